The minimum absolute atomic E-state index is 0.264. The van der Waals surface area contributed by atoms with Crippen molar-refractivity contribution in [2.75, 3.05) is 19.0 Å². The standard InChI is InChI=1S/C14H18BrNO2/c1-18-10-12-4-2-11(3-5-12)8-16-9-13(7-15)6-14(16)17/h2-5,13H,6-10H2,1H3. The van der Waals surface area contributed by atoms with Gasteiger partial charge < -0.3 is 9.64 Å². The molecule has 1 aliphatic rings. The number of benzene rings is 1. The van der Waals surface area contributed by atoms with Crippen molar-refractivity contribution < 1.29 is 9.53 Å². The summed E-state index contributed by atoms with van der Waals surface area (Å²) >= 11 is 3.45. The van der Waals surface area contributed by atoms with Crippen molar-refractivity contribution in [2.24, 2.45) is 5.92 Å². The summed E-state index contributed by atoms with van der Waals surface area (Å²) in [6.45, 7) is 2.22. The van der Waals surface area contributed by atoms with Gasteiger partial charge in [0.15, 0.2) is 0 Å². The molecule has 1 aliphatic heterocycles. The number of carbonyl (C=O) groups is 1. The molecule has 0 saturated carbocycles. The van der Waals surface area contributed by atoms with Crippen LogP contribution in [0.4, 0.5) is 0 Å². The summed E-state index contributed by atoms with van der Waals surface area (Å²) in [6.07, 6.45) is 0.674. The first-order valence-electron chi connectivity index (χ1n) is 6.13. The van der Waals surface area contributed by atoms with E-state index < -0.39 is 0 Å². The number of likely N-dealkylation sites (tertiary alicyclic amines) is 1. The summed E-state index contributed by atoms with van der Waals surface area (Å²) in [6, 6.07) is 8.26. The molecule has 1 heterocycles. The van der Waals surface area contributed by atoms with Gasteiger partial charge >= 0.3 is 0 Å². The normalized spacial score (nSPS) is 19.6. The van der Waals surface area contributed by atoms with Crippen LogP contribution < -0.4 is 0 Å². The van der Waals surface area contributed by atoms with Crippen LogP contribution in [0.3, 0.4) is 0 Å². The van der Waals surface area contributed by atoms with E-state index in [0.717, 1.165) is 24.0 Å². The van der Waals surface area contributed by atoms with E-state index in [0.29, 0.717) is 18.9 Å². The Morgan fingerprint density at radius 3 is 2.56 bits per heavy atom. The number of methoxy groups -OCH3 is 1. The molecule has 0 radical (unpaired) electrons. The molecule has 1 amide bonds. The van der Waals surface area contributed by atoms with E-state index in [1.165, 1.54) is 5.56 Å². The van der Waals surface area contributed by atoms with E-state index >= 15 is 0 Å². The summed E-state index contributed by atoms with van der Waals surface area (Å²) < 4.78 is 5.08. The monoisotopic (exact) mass is 311 g/mol. The molecule has 1 saturated heterocycles. The zero-order valence-corrected chi connectivity index (χ0v) is 12.1. The van der Waals surface area contributed by atoms with Crippen molar-refractivity contribution in [1.29, 1.82) is 0 Å². The fourth-order valence-corrected chi connectivity index (χ4v) is 2.67. The second kappa shape index (κ2) is 6.34. The predicted molar refractivity (Wildman–Crippen MR) is 74.5 cm³/mol. The summed E-state index contributed by atoms with van der Waals surface area (Å²) in [5.41, 5.74) is 2.34. The third kappa shape index (κ3) is 3.33. The van der Waals surface area contributed by atoms with Gasteiger partial charge in [-0.25, -0.2) is 0 Å². The Morgan fingerprint density at radius 1 is 1.33 bits per heavy atom. The lowest BCUT2D eigenvalue weighted by molar-refractivity contribution is -0.128. The minimum Gasteiger partial charge on any atom is -0.380 e. The molecule has 1 unspecified atom stereocenters. The van der Waals surface area contributed by atoms with Crippen molar-refractivity contribution in [3.05, 3.63) is 35.4 Å². The molecule has 98 valence electrons. The number of nitrogens with zero attached hydrogens (tertiary/aromatic N) is 1. The first-order chi connectivity index (χ1) is 8.72. The molecular formula is C14H18BrNO2. The highest BCUT2D eigenvalue weighted by Crippen LogP contribution is 2.21. The number of alkyl halides is 1. The third-order valence-corrected chi connectivity index (χ3v) is 4.14. The zero-order chi connectivity index (χ0) is 13.0. The van der Waals surface area contributed by atoms with E-state index in [1.54, 1.807) is 7.11 Å². The molecule has 0 aliphatic carbocycles. The molecule has 0 spiro atoms. The average Bonchev–Trinajstić information content (AvgIpc) is 2.73. The number of hydrogen-bond acceptors (Lipinski definition) is 2. The number of carbonyl (C=O) groups excluding carboxylic acids is 1. The summed E-state index contributed by atoms with van der Waals surface area (Å²) in [5.74, 6) is 0.727. The quantitative estimate of drug-likeness (QED) is 0.782. The summed E-state index contributed by atoms with van der Waals surface area (Å²) in [7, 11) is 1.69. The van der Waals surface area contributed by atoms with E-state index in [-0.39, 0.29) is 5.91 Å². The molecule has 18 heavy (non-hydrogen) atoms. The van der Waals surface area contributed by atoms with Crippen LogP contribution in [0, 0.1) is 5.92 Å². The van der Waals surface area contributed by atoms with Gasteiger partial charge in [0, 0.05) is 32.0 Å². The number of hydrogen-bond donors (Lipinski definition) is 0. The van der Waals surface area contributed by atoms with Crippen LogP contribution in [0.1, 0.15) is 17.5 Å². The Labute approximate surface area is 116 Å². The number of rotatable bonds is 5. The van der Waals surface area contributed by atoms with Gasteiger partial charge in [0.25, 0.3) is 0 Å². The second-order valence-corrected chi connectivity index (χ2v) is 5.40. The highest BCUT2D eigenvalue weighted by atomic mass is 79.9. The third-order valence-electron chi connectivity index (χ3n) is 3.22. The van der Waals surface area contributed by atoms with Gasteiger partial charge in [-0.1, -0.05) is 40.2 Å². The number of halogens is 1. The Balaban J connectivity index is 1.95. The number of ether oxygens (including phenoxy) is 1. The fourth-order valence-electron chi connectivity index (χ4n) is 2.24. The van der Waals surface area contributed by atoms with E-state index in [2.05, 4.69) is 40.2 Å². The van der Waals surface area contributed by atoms with Crippen LogP contribution in [-0.2, 0) is 22.7 Å². The maximum absolute atomic E-state index is 11.8. The molecule has 1 aromatic rings. The molecule has 1 atom stereocenters. The highest BCUT2D eigenvalue weighted by molar-refractivity contribution is 9.09. The van der Waals surface area contributed by atoms with Crippen molar-refractivity contribution in [1.82, 2.24) is 4.90 Å². The second-order valence-electron chi connectivity index (χ2n) is 4.75. The van der Waals surface area contributed by atoms with Crippen LogP contribution in [0.5, 0.6) is 0 Å². The molecule has 0 bridgehead atoms. The van der Waals surface area contributed by atoms with Crippen molar-refractivity contribution in [3.8, 4) is 0 Å². The first-order valence-corrected chi connectivity index (χ1v) is 7.25. The maximum Gasteiger partial charge on any atom is 0.223 e. The lowest BCUT2D eigenvalue weighted by Crippen LogP contribution is -2.24. The molecule has 1 aromatic carbocycles. The molecule has 0 aromatic heterocycles. The topological polar surface area (TPSA) is 29.5 Å². The summed E-state index contributed by atoms with van der Waals surface area (Å²) in [4.78, 5) is 13.7. The van der Waals surface area contributed by atoms with E-state index in [4.69, 9.17) is 4.74 Å². The zero-order valence-electron chi connectivity index (χ0n) is 10.6. The van der Waals surface area contributed by atoms with Gasteiger partial charge in [-0.05, 0) is 17.0 Å². The van der Waals surface area contributed by atoms with Crippen LogP contribution in [0.15, 0.2) is 24.3 Å². The Bertz CT molecular complexity index is 405. The smallest absolute Gasteiger partial charge is 0.223 e. The Kier molecular flexibility index (Phi) is 4.78. The van der Waals surface area contributed by atoms with Crippen molar-refractivity contribution in [2.45, 2.75) is 19.6 Å². The van der Waals surface area contributed by atoms with Crippen LogP contribution >= 0.6 is 15.9 Å². The fraction of sp³-hybridized carbons (Fsp3) is 0.500. The van der Waals surface area contributed by atoms with Crippen molar-refractivity contribution in [3.63, 3.8) is 0 Å². The van der Waals surface area contributed by atoms with Crippen LogP contribution in [-0.4, -0.2) is 29.8 Å². The van der Waals surface area contributed by atoms with Gasteiger partial charge in [-0.2, -0.15) is 0 Å². The first kappa shape index (κ1) is 13.6. The van der Waals surface area contributed by atoms with Gasteiger partial charge in [-0.15, -0.1) is 0 Å². The van der Waals surface area contributed by atoms with Gasteiger partial charge in [0.2, 0.25) is 5.91 Å². The van der Waals surface area contributed by atoms with E-state index in [1.807, 2.05) is 4.90 Å². The van der Waals surface area contributed by atoms with Gasteiger partial charge in [0.1, 0.15) is 0 Å². The molecule has 4 heteroatoms. The maximum atomic E-state index is 11.8. The van der Waals surface area contributed by atoms with Crippen LogP contribution in [0.2, 0.25) is 0 Å². The van der Waals surface area contributed by atoms with Gasteiger partial charge in [-0.3, -0.25) is 4.79 Å². The Morgan fingerprint density at radius 2 is 2.00 bits per heavy atom. The average molecular weight is 312 g/mol. The molecule has 2 rings (SSSR count). The minimum atomic E-state index is 0.264. The number of amides is 1. The molecule has 1 fully saturated rings. The van der Waals surface area contributed by atoms with Gasteiger partial charge in [0.05, 0.1) is 6.61 Å². The van der Waals surface area contributed by atoms with E-state index in [9.17, 15) is 4.79 Å². The highest BCUT2D eigenvalue weighted by Gasteiger charge is 2.28. The summed E-state index contributed by atoms with van der Waals surface area (Å²) in [5, 5.41) is 0.905. The molecular weight excluding hydrogens is 294 g/mol. The SMILES string of the molecule is COCc1ccc(CN2CC(CBr)CC2=O)cc1. The Hall–Kier alpha value is -0.870. The lowest BCUT2D eigenvalue weighted by Gasteiger charge is -2.16. The predicted octanol–water partition coefficient (Wildman–Crippen LogP) is 2.58. The molecule has 0 N–H and O–H groups in total. The lowest BCUT2D eigenvalue weighted by atomic mass is 10.1. The van der Waals surface area contributed by atoms with Crippen LogP contribution in [0.25, 0.3) is 0 Å². The molecule has 3 nitrogen and oxygen atoms in total. The largest absolute Gasteiger partial charge is 0.380 e. The van der Waals surface area contributed by atoms with Crippen molar-refractivity contribution >= 4 is 21.8 Å².